The average Bonchev–Trinajstić information content (AvgIpc) is 2.97. The molecule has 0 bridgehead atoms. The molecule has 0 saturated carbocycles. The van der Waals surface area contributed by atoms with E-state index < -0.39 is 11.7 Å². The molecular weight excluding hydrogens is 363 g/mol. The van der Waals surface area contributed by atoms with Crippen molar-refractivity contribution in [2.24, 2.45) is 0 Å². The molecule has 6 nitrogen and oxygen atoms in total. The molecule has 0 spiro atoms. The van der Waals surface area contributed by atoms with Crippen LogP contribution in [0.4, 0.5) is 5.69 Å². The van der Waals surface area contributed by atoms with Crippen molar-refractivity contribution in [1.29, 1.82) is 0 Å². The molecule has 8 heteroatoms. The van der Waals surface area contributed by atoms with Gasteiger partial charge >= 0.3 is 0 Å². The van der Waals surface area contributed by atoms with Gasteiger partial charge in [-0.2, -0.15) is 0 Å². The van der Waals surface area contributed by atoms with Gasteiger partial charge in [-0.15, -0.1) is 0 Å². The number of ketones is 1. The molecule has 1 N–H and O–H groups in total. The Bertz CT molecular complexity index is 962. The molecule has 3 rings (SSSR count). The van der Waals surface area contributed by atoms with Gasteiger partial charge in [-0.05, 0) is 26.0 Å². The number of hydrogen-bond donors (Lipinski definition) is 1. The maximum Gasteiger partial charge on any atom is 0.296 e. The van der Waals surface area contributed by atoms with E-state index in [0.717, 1.165) is 0 Å². The van der Waals surface area contributed by atoms with Crippen LogP contribution in [0.25, 0.3) is 11.0 Å². The number of anilines is 1. The second kappa shape index (κ2) is 6.82. The molecule has 3 aromatic heterocycles. The molecule has 3 heterocycles. The summed E-state index contributed by atoms with van der Waals surface area (Å²) in [5, 5.41) is 3.38. The number of rotatable bonds is 4. The first-order valence-electron chi connectivity index (χ1n) is 7.50. The minimum atomic E-state index is -0.832. The number of halogens is 2. The Labute approximate surface area is 153 Å². The Balaban J connectivity index is 1.98. The fourth-order valence-corrected chi connectivity index (χ4v) is 2.94. The lowest BCUT2D eigenvalue weighted by Gasteiger charge is -2.08. The highest BCUT2D eigenvalue weighted by molar-refractivity contribution is 6.50. The largest absolute Gasteiger partial charge is 0.329 e. The number of Topliss-reactive ketones (excluding diaryl/α,β-unsaturated/α-hetero) is 1. The highest BCUT2D eigenvalue weighted by Crippen LogP contribution is 2.29. The minimum Gasteiger partial charge on any atom is -0.329 e. The smallest absolute Gasteiger partial charge is 0.296 e. The van der Waals surface area contributed by atoms with Crippen molar-refractivity contribution in [3.05, 3.63) is 52.5 Å². The number of fused-ring (bicyclic) bond motifs is 1. The topological polar surface area (TPSA) is 76.9 Å². The Morgan fingerprint density at radius 1 is 1.20 bits per heavy atom. The molecule has 0 aliphatic rings. The fourth-order valence-electron chi connectivity index (χ4n) is 2.48. The average molecular weight is 377 g/mol. The number of nitrogens with one attached hydrogen (secondary N) is 1. The van der Waals surface area contributed by atoms with Crippen LogP contribution in [0.1, 0.15) is 30.2 Å². The number of aromatic nitrogens is 3. The van der Waals surface area contributed by atoms with Crippen LogP contribution in [0, 0.1) is 0 Å². The predicted octanol–water partition coefficient (Wildman–Crippen LogP) is 4.14. The van der Waals surface area contributed by atoms with Crippen LogP contribution in [0.15, 0.2) is 36.9 Å². The molecule has 0 aromatic carbocycles. The molecule has 0 unspecified atom stereocenters. The van der Waals surface area contributed by atoms with E-state index in [-0.39, 0.29) is 27.3 Å². The van der Waals surface area contributed by atoms with Crippen LogP contribution >= 0.6 is 23.2 Å². The molecule has 25 heavy (non-hydrogen) atoms. The van der Waals surface area contributed by atoms with Gasteiger partial charge in [0.25, 0.3) is 11.7 Å². The third-order valence-corrected chi connectivity index (χ3v) is 4.26. The summed E-state index contributed by atoms with van der Waals surface area (Å²) in [5.74, 6) is -1.52. The maximum absolute atomic E-state index is 12.7. The summed E-state index contributed by atoms with van der Waals surface area (Å²) in [7, 11) is 0. The van der Waals surface area contributed by atoms with Crippen molar-refractivity contribution >= 4 is 51.6 Å². The molecule has 128 valence electrons. The van der Waals surface area contributed by atoms with Crippen molar-refractivity contribution in [2.45, 2.75) is 19.9 Å². The van der Waals surface area contributed by atoms with E-state index in [1.165, 1.54) is 12.4 Å². The summed E-state index contributed by atoms with van der Waals surface area (Å²) in [6.07, 6.45) is 5.95. The molecule has 0 atom stereocenters. The van der Waals surface area contributed by atoms with E-state index in [4.69, 9.17) is 23.2 Å². The van der Waals surface area contributed by atoms with E-state index in [9.17, 15) is 9.59 Å². The van der Waals surface area contributed by atoms with Crippen molar-refractivity contribution < 1.29 is 9.59 Å². The first-order valence-corrected chi connectivity index (χ1v) is 8.26. The number of pyridine rings is 2. The second-order valence-electron chi connectivity index (χ2n) is 5.68. The fraction of sp³-hybridized carbons (Fsp3) is 0.176. The van der Waals surface area contributed by atoms with Gasteiger partial charge in [0.2, 0.25) is 0 Å². The third-order valence-electron chi connectivity index (χ3n) is 3.69. The van der Waals surface area contributed by atoms with Gasteiger partial charge in [-0.1, -0.05) is 23.2 Å². The monoisotopic (exact) mass is 376 g/mol. The Morgan fingerprint density at radius 3 is 2.52 bits per heavy atom. The number of hydrogen-bond acceptors (Lipinski definition) is 4. The van der Waals surface area contributed by atoms with Gasteiger partial charge in [0.1, 0.15) is 5.65 Å². The van der Waals surface area contributed by atoms with Crippen molar-refractivity contribution in [2.75, 3.05) is 5.32 Å². The molecule has 1 amide bonds. The van der Waals surface area contributed by atoms with E-state index in [0.29, 0.717) is 11.0 Å². The SMILES string of the molecule is CC(C)n1cc(C(=O)C(=O)Nc2c(Cl)cncc2Cl)c2cccnc21. The van der Waals surface area contributed by atoms with Crippen molar-refractivity contribution in [1.82, 2.24) is 14.5 Å². The number of carbonyl (C=O) groups is 2. The lowest BCUT2D eigenvalue weighted by Crippen LogP contribution is -2.23. The Morgan fingerprint density at radius 2 is 1.88 bits per heavy atom. The summed E-state index contributed by atoms with van der Waals surface area (Å²) in [4.78, 5) is 33.2. The van der Waals surface area contributed by atoms with Gasteiger partial charge in [0, 0.05) is 36.2 Å². The molecular formula is C17H14Cl2N4O2. The molecule has 0 aliphatic heterocycles. The van der Waals surface area contributed by atoms with Crippen LogP contribution in [0.5, 0.6) is 0 Å². The lowest BCUT2D eigenvalue weighted by molar-refractivity contribution is -0.112. The van der Waals surface area contributed by atoms with E-state index in [2.05, 4.69) is 15.3 Å². The van der Waals surface area contributed by atoms with Crippen LogP contribution in [-0.2, 0) is 4.79 Å². The van der Waals surface area contributed by atoms with E-state index in [1.54, 1.807) is 24.5 Å². The summed E-state index contributed by atoms with van der Waals surface area (Å²) in [6.45, 7) is 3.94. The number of amides is 1. The molecule has 0 saturated heterocycles. The highest BCUT2D eigenvalue weighted by Gasteiger charge is 2.24. The zero-order chi connectivity index (χ0) is 18.1. The maximum atomic E-state index is 12.7. The number of nitrogens with zero attached hydrogens (tertiary/aromatic N) is 3. The molecule has 0 aliphatic carbocycles. The summed E-state index contributed by atoms with van der Waals surface area (Å²) < 4.78 is 1.85. The predicted molar refractivity (Wildman–Crippen MR) is 97.3 cm³/mol. The standard InChI is InChI=1S/C17H14Cl2N4O2/c1-9(2)23-8-11(10-4-3-5-21-16(10)23)15(24)17(25)22-14-12(18)6-20-7-13(14)19/h3-9H,1-2H3,(H,20,22,25). The van der Waals surface area contributed by atoms with Gasteiger partial charge < -0.3 is 9.88 Å². The normalized spacial score (nSPS) is 11.1. The minimum absolute atomic E-state index is 0.0890. The summed E-state index contributed by atoms with van der Waals surface area (Å²) >= 11 is 12.0. The third kappa shape index (κ3) is 3.23. The Hall–Kier alpha value is -2.44. The van der Waals surface area contributed by atoms with Crippen LogP contribution in [0.2, 0.25) is 10.0 Å². The van der Waals surface area contributed by atoms with Gasteiger partial charge in [0.05, 0.1) is 21.3 Å². The molecule has 0 fully saturated rings. The van der Waals surface area contributed by atoms with Crippen LogP contribution in [-0.4, -0.2) is 26.2 Å². The summed E-state index contributed by atoms with van der Waals surface area (Å²) in [6, 6.07) is 3.57. The van der Waals surface area contributed by atoms with Crippen molar-refractivity contribution in [3.63, 3.8) is 0 Å². The lowest BCUT2D eigenvalue weighted by atomic mass is 10.1. The Kier molecular flexibility index (Phi) is 4.74. The quantitative estimate of drug-likeness (QED) is 0.548. The zero-order valence-corrected chi connectivity index (χ0v) is 15.0. The first-order chi connectivity index (χ1) is 11.9. The highest BCUT2D eigenvalue weighted by atomic mass is 35.5. The number of carbonyl (C=O) groups excluding carboxylic acids is 2. The molecule has 3 aromatic rings. The van der Waals surface area contributed by atoms with Crippen LogP contribution < -0.4 is 5.32 Å². The first kappa shape index (κ1) is 17.4. The second-order valence-corrected chi connectivity index (χ2v) is 6.49. The van der Waals surface area contributed by atoms with Crippen molar-refractivity contribution in [3.8, 4) is 0 Å². The van der Waals surface area contributed by atoms with E-state index >= 15 is 0 Å². The van der Waals surface area contributed by atoms with Gasteiger partial charge in [-0.3, -0.25) is 14.6 Å². The zero-order valence-electron chi connectivity index (χ0n) is 13.5. The van der Waals surface area contributed by atoms with Gasteiger partial charge in [-0.25, -0.2) is 4.98 Å². The van der Waals surface area contributed by atoms with Crippen LogP contribution in [0.3, 0.4) is 0 Å². The molecule has 0 radical (unpaired) electrons. The van der Waals surface area contributed by atoms with Gasteiger partial charge in [0.15, 0.2) is 0 Å². The summed E-state index contributed by atoms with van der Waals surface area (Å²) in [5.41, 5.74) is 1.08. The van der Waals surface area contributed by atoms with E-state index in [1.807, 2.05) is 18.4 Å².